The summed E-state index contributed by atoms with van der Waals surface area (Å²) in [5.74, 6) is 5.90. The Bertz CT molecular complexity index is 971. The molecule has 0 nitrogen and oxygen atoms in total. The molecule has 0 aliphatic carbocycles. The highest BCUT2D eigenvalue weighted by Crippen LogP contribution is 2.22. The molecule has 0 radical (unpaired) electrons. The van der Waals surface area contributed by atoms with Gasteiger partial charge in [-0.2, -0.15) is 0 Å². The Balaban J connectivity index is 1.68. The molecule has 0 aliphatic rings. The normalized spacial score (nSPS) is 10.7. The van der Waals surface area contributed by atoms with Crippen LogP contribution in [0.15, 0.2) is 54.6 Å². The lowest BCUT2D eigenvalue weighted by atomic mass is 10.0. The first-order valence-corrected chi connectivity index (χ1v) is 10.5. The van der Waals surface area contributed by atoms with E-state index in [-0.39, 0.29) is 5.82 Å². The predicted octanol–water partition coefficient (Wildman–Crippen LogP) is 7.45. The first-order valence-electron chi connectivity index (χ1n) is 10.5. The van der Waals surface area contributed by atoms with Crippen molar-refractivity contribution in [3.05, 3.63) is 82.7 Å². The lowest BCUT2D eigenvalue weighted by Crippen LogP contribution is -1.89. The van der Waals surface area contributed by atoms with E-state index in [4.69, 9.17) is 0 Å². The number of unbranched alkanes of at least 4 members (excludes halogenated alkanes) is 4. The number of hydrogen-bond donors (Lipinski definition) is 0. The van der Waals surface area contributed by atoms with Gasteiger partial charge < -0.3 is 0 Å². The van der Waals surface area contributed by atoms with Gasteiger partial charge in [-0.15, -0.1) is 0 Å². The van der Waals surface area contributed by atoms with Crippen LogP contribution < -0.4 is 0 Å². The fourth-order valence-corrected chi connectivity index (χ4v) is 3.48. The Morgan fingerprint density at radius 1 is 0.750 bits per heavy atom. The Kier molecular flexibility index (Phi) is 7.26. The van der Waals surface area contributed by atoms with Crippen molar-refractivity contribution in [1.29, 1.82) is 0 Å². The number of fused-ring (bicyclic) bond motifs is 1. The van der Waals surface area contributed by atoms with Gasteiger partial charge in [0.2, 0.25) is 0 Å². The van der Waals surface area contributed by atoms with Crippen molar-refractivity contribution in [2.45, 2.75) is 58.8 Å². The van der Waals surface area contributed by atoms with Crippen molar-refractivity contribution in [3.8, 4) is 11.8 Å². The molecule has 0 heterocycles. The molecule has 28 heavy (non-hydrogen) atoms. The Labute approximate surface area is 168 Å². The van der Waals surface area contributed by atoms with Crippen LogP contribution in [0, 0.1) is 17.7 Å². The molecule has 0 amide bonds. The van der Waals surface area contributed by atoms with Gasteiger partial charge in [-0.3, -0.25) is 0 Å². The van der Waals surface area contributed by atoms with Gasteiger partial charge in [-0.1, -0.05) is 87.8 Å². The summed E-state index contributed by atoms with van der Waals surface area (Å²) < 4.78 is 14.8. The number of hydrogen-bond acceptors (Lipinski definition) is 0. The van der Waals surface area contributed by atoms with E-state index in [0.29, 0.717) is 10.9 Å². The molecule has 0 saturated heterocycles. The molecule has 0 N–H and O–H groups in total. The number of aryl methyl sites for hydroxylation is 2. The van der Waals surface area contributed by atoms with Gasteiger partial charge in [0.1, 0.15) is 5.82 Å². The topological polar surface area (TPSA) is 0 Å². The van der Waals surface area contributed by atoms with Crippen molar-refractivity contribution < 1.29 is 4.39 Å². The fraction of sp³-hybridized carbons (Fsp3) is 0.333. The molecule has 3 rings (SSSR count). The molecule has 144 valence electrons. The van der Waals surface area contributed by atoms with Crippen LogP contribution in [0.3, 0.4) is 0 Å². The Hall–Kier alpha value is -2.59. The highest BCUT2D eigenvalue weighted by molar-refractivity contribution is 5.85. The second kappa shape index (κ2) is 10.1. The molecule has 0 aliphatic heterocycles. The van der Waals surface area contributed by atoms with E-state index in [1.807, 2.05) is 30.3 Å². The minimum absolute atomic E-state index is 0.226. The number of benzene rings is 3. The number of halogens is 1. The van der Waals surface area contributed by atoms with Crippen molar-refractivity contribution in [2.75, 3.05) is 0 Å². The van der Waals surface area contributed by atoms with Crippen LogP contribution in [-0.2, 0) is 12.8 Å². The van der Waals surface area contributed by atoms with Crippen LogP contribution in [0.5, 0.6) is 0 Å². The van der Waals surface area contributed by atoms with E-state index in [0.717, 1.165) is 23.8 Å². The van der Waals surface area contributed by atoms with Crippen LogP contribution in [0.25, 0.3) is 10.8 Å². The quantitative estimate of drug-likeness (QED) is 0.298. The van der Waals surface area contributed by atoms with Gasteiger partial charge in [-0.25, -0.2) is 4.39 Å². The minimum atomic E-state index is -0.226. The van der Waals surface area contributed by atoms with E-state index in [9.17, 15) is 4.39 Å². The third-order valence-corrected chi connectivity index (χ3v) is 5.29. The smallest absolute Gasteiger partial charge is 0.146 e. The lowest BCUT2D eigenvalue weighted by molar-refractivity contribution is 0.632. The second-order valence-electron chi connectivity index (χ2n) is 7.45. The maximum atomic E-state index is 14.8. The van der Waals surface area contributed by atoms with Crippen LogP contribution in [0.4, 0.5) is 4.39 Å². The molecule has 0 spiro atoms. The molecule has 3 aromatic carbocycles. The molecule has 0 fully saturated rings. The van der Waals surface area contributed by atoms with Gasteiger partial charge in [0.05, 0.1) is 5.56 Å². The third-order valence-electron chi connectivity index (χ3n) is 5.29. The summed E-state index contributed by atoms with van der Waals surface area (Å²) in [5.41, 5.74) is 3.95. The molecule has 1 heteroatoms. The Morgan fingerprint density at radius 3 is 2.25 bits per heavy atom. The van der Waals surface area contributed by atoms with Crippen molar-refractivity contribution in [1.82, 2.24) is 0 Å². The zero-order valence-corrected chi connectivity index (χ0v) is 17.0. The van der Waals surface area contributed by atoms with Gasteiger partial charge in [0.25, 0.3) is 0 Å². The molecule has 0 atom stereocenters. The largest absolute Gasteiger partial charge is 0.205 e. The van der Waals surface area contributed by atoms with Crippen LogP contribution >= 0.6 is 0 Å². The average molecular weight is 373 g/mol. The summed E-state index contributed by atoms with van der Waals surface area (Å²) in [6.45, 7) is 4.35. The first kappa shape index (κ1) is 20.2. The molecule has 0 unspecified atom stereocenters. The van der Waals surface area contributed by atoms with E-state index in [2.05, 4.69) is 43.9 Å². The van der Waals surface area contributed by atoms with E-state index < -0.39 is 0 Å². The predicted molar refractivity (Wildman–Crippen MR) is 118 cm³/mol. The molecular formula is C27H29F. The summed E-state index contributed by atoms with van der Waals surface area (Å²) in [6, 6.07) is 18.0. The molecule has 3 aromatic rings. The molecule has 0 bridgehead atoms. The summed E-state index contributed by atoms with van der Waals surface area (Å²) in [6.07, 6.45) is 8.56. The monoisotopic (exact) mass is 372 g/mol. The highest BCUT2D eigenvalue weighted by Gasteiger charge is 2.06. The van der Waals surface area contributed by atoms with Crippen molar-refractivity contribution in [3.63, 3.8) is 0 Å². The average Bonchev–Trinajstić information content (AvgIpc) is 2.73. The molecule has 0 saturated carbocycles. The van der Waals surface area contributed by atoms with Crippen LogP contribution in [0.1, 0.15) is 68.2 Å². The van der Waals surface area contributed by atoms with Crippen molar-refractivity contribution in [2.24, 2.45) is 0 Å². The van der Waals surface area contributed by atoms with Gasteiger partial charge in [-0.05, 0) is 54.0 Å². The SMILES string of the molecule is CCCCCCCc1ccc(C#Cc2ccc3cc(CC)ccc3c2F)cc1. The maximum absolute atomic E-state index is 14.8. The van der Waals surface area contributed by atoms with Gasteiger partial charge >= 0.3 is 0 Å². The number of rotatable bonds is 7. The zero-order chi connectivity index (χ0) is 19.8. The first-order chi connectivity index (χ1) is 13.7. The summed E-state index contributed by atoms with van der Waals surface area (Å²) >= 11 is 0. The molecule has 0 aromatic heterocycles. The van der Waals surface area contributed by atoms with Crippen molar-refractivity contribution >= 4 is 10.8 Å². The van der Waals surface area contributed by atoms with Crippen LogP contribution in [-0.4, -0.2) is 0 Å². The van der Waals surface area contributed by atoms with E-state index >= 15 is 0 Å². The van der Waals surface area contributed by atoms with E-state index in [1.54, 1.807) is 6.07 Å². The minimum Gasteiger partial charge on any atom is -0.205 e. The fourth-order valence-electron chi connectivity index (χ4n) is 3.48. The summed E-state index contributed by atoms with van der Waals surface area (Å²) in [7, 11) is 0. The molecular weight excluding hydrogens is 343 g/mol. The standard InChI is InChI=1S/C27H29F/c1-3-5-6-7-8-9-22-10-12-23(13-11-22)14-16-24-17-18-25-20-21(4-2)15-19-26(25)27(24)28/h10-13,15,17-20H,3-9H2,1-2H3. The highest BCUT2D eigenvalue weighted by atomic mass is 19.1. The summed E-state index contributed by atoms with van der Waals surface area (Å²) in [4.78, 5) is 0. The lowest BCUT2D eigenvalue weighted by Gasteiger charge is -2.04. The summed E-state index contributed by atoms with van der Waals surface area (Å²) in [5, 5.41) is 1.58. The third kappa shape index (κ3) is 5.23. The zero-order valence-electron chi connectivity index (χ0n) is 17.0. The van der Waals surface area contributed by atoms with E-state index in [1.165, 1.54) is 43.2 Å². The maximum Gasteiger partial charge on any atom is 0.146 e. The van der Waals surface area contributed by atoms with Crippen LogP contribution in [0.2, 0.25) is 0 Å². The van der Waals surface area contributed by atoms with Gasteiger partial charge in [0, 0.05) is 10.9 Å². The Morgan fingerprint density at radius 2 is 1.50 bits per heavy atom. The van der Waals surface area contributed by atoms with Gasteiger partial charge in [0.15, 0.2) is 0 Å². The second-order valence-corrected chi connectivity index (χ2v) is 7.45.